The van der Waals surface area contributed by atoms with Crippen LogP contribution in [-0.2, 0) is 10.0 Å². The molecule has 24 heavy (non-hydrogen) atoms. The molecule has 0 aliphatic rings. The first-order chi connectivity index (χ1) is 11.4. The highest BCUT2D eigenvalue weighted by molar-refractivity contribution is 7.89. The van der Waals surface area contributed by atoms with Crippen LogP contribution in [0.25, 0.3) is 0 Å². The zero-order chi connectivity index (χ0) is 18.0. The van der Waals surface area contributed by atoms with Crippen molar-refractivity contribution in [3.63, 3.8) is 0 Å². The number of halogens is 1. The van der Waals surface area contributed by atoms with Crippen LogP contribution in [0.5, 0.6) is 0 Å². The van der Waals surface area contributed by atoms with Gasteiger partial charge in [-0.05, 0) is 50.1 Å². The van der Waals surface area contributed by atoms with Gasteiger partial charge in [0.05, 0.1) is 9.92 Å². The second kappa shape index (κ2) is 9.90. The molecule has 0 saturated heterocycles. The first-order valence-corrected chi connectivity index (χ1v) is 9.17. The van der Waals surface area contributed by atoms with Gasteiger partial charge in [0.25, 0.3) is 10.0 Å². The molecule has 1 rings (SSSR count). The lowest BCUT2D eigenvalue weighted by atomic mass is 10.1. The van der Waals surface area contributed by atoms with Gasteiger partial charge in [0.1, 0.15) is 0 Å². The number of carbonyl (C=O) groups excluding carboxylic acids is 1. The van der Waals surface area contributed by atoms with Crippen molar-refractivity contribution < 1.29 is 13.2 Å². The zero-order valence-electron chi connectivity index (χ0n) is 13.6. The summed E-state index contributed by atoms with van der Waals surface area (Å²) < 4.78 is 26.5. The van der Waals surface area contributed by atoms with E-state index in [1.54, 1.807) is 12.2 Å². The maximum Gasteiger partial charge on any atom is 0.261 e. The first-order valence-electron chi connectivity index (χ1n) is 7.31. The molecule has 0 aliphatic carbocycles. The second-order valence-corrected chi connectivity index (χ2v) is 6.90. The molecule has 1 aromatic carbocycles. The van der Waals surface area contributed by atoms with Gasteiger partial charge in [-0.2, -0.15) is 0 Å². The quantitative estimate of drug-likeness (QED) is 0.548. The van der Waals surface area contributed by atoms with Crippen molar-refractivity contribution in [3.05, 3.63) is 77.0 Å². The van der Waals surface area contributed by atoms with Crippen molar-refractivity contribution >= 4 is 27.9 Å². The fraction of sp³-hybridized carbons (Fsp3) is 0.167. The van der Waals surface area contributed by atoms with Crippen LogP contribution in [0.15, 0.2) is 71.3 Å². The Morgan fingerprint density at radius 3 is 2.58 bits per heavy atom. The molecule has 1 aromatic rings. The van der Waals surface area contributed by atoms with E-state index in [0.717, 1.165) is 6.42 Å². The highest BCUT2D eigenvalue weighted by Crippen LogP contribution is 2.19. The molecule has 0 saturated carbocycles. The van der Waals surface area contributed by atoms with E-state index in [9.17, 15) is 13.2 Å². The Bertz CT molecular complexity index is 790. The molecule has 0 bridgehead atoms. The smallest absolute Gasteiger partial charge is 0.261 e. The van der Waals surface area contributed by atoms with Crippen molar-refractivity contribution in [2.24, 2.45) is 0 Å². The predicted octanol–water partition coefficient (Wildman–Crippen LogP) is 4.41. The number of hydrogen-bond donors (Lipinski definition) is 1. The van der Waals surface area contributed by atoms with Crippen molar-refractivity contribution in [2.75, 3.05) is 0 Å². The predicted molar refractivity (Wildman–Crippen MR) is 98.6 cm³/mol. The highest BCUT2D eigenvalue weighted by Gasteiger charge is 2.13. The van der Waals surface area contributed by atoms with Crippen LogP contribution in [0.4, 0.5) is 0 Å². The van der Waals surface area contributed by atoms with Crippen molar-refractivity contribution in [1.82, 2.24) is 4.72 Å². The Kier molecular flexibility index (Phi) is 8.22. The van der Waals surface area contributed by atoms with Crippen molar-refractivity contribution in [3.8, 4) is 0 Å². The van der Waals surface area contributed by atoms with Crippen LogP contribution >= 0.6 is 11.6 Å². The normalized spacial score (nSPS) is 13.2. The van der Waals surface area contributed by atoms with Gasteiger partial charge >= 0.3 is 0 Å². The molecule has 0 heterocycles. The maximum absolute atomic E-state index is 12.1. The number of hydrogen-bond acceptors (Lipinski definition) is 3. The average Bonchev–Trinajstić information content (AvgIpc) is 2.56. The first kappa shape index (κ1) is 19.9. The summed E-state index contributed by atoms with van der Waals surface area (Å²) in [5.41, 5.74) is 1.42. The SMILES string of the molecule is C/C=C/C(=C/C)CC=C/C=C/NS(=O)(=O)c1ccc(C=O)c(Cl)c1. The third kappa shape index (κ3) is 6.18. The maximum atomic E-state index is 12.1. The minimum Gasteiger partial charge on any atom is -0.298 e. The topological polar surface area (TPSA) is 63.2 Å². The van der Waals surface area contributed by atoms with Gasteiger partial charge in [-0.25, -0.2) is 8.42 Å². The number of allylic oxidation sites excluding steroid dienone is 7. The monoisotopic (exact) mass is 365 g/mol. The molecule has 0 aromatic heterocycles. The van der Waals surface area contributed by atoms with Gasteiger partial charge in [-0.1, -0.05) is 42.0 Å². The van der Waals surface area contributed by atoms with Crippen LogP contribution in [0.2, 0.25) is 5.02 Å². The van der Waals surface area contributed by atoms with Gasteiger partial charge in [-0.3, -0.25) is 9.52 Å². The highest BCUT2D eigenvalue weighted by atomic mass is 35.5. The minimum atomic E-state index is -3.72. The number of rotatable bonds is 8. The van der Waals surface area contributed by atoms with Crippen LogP contribution in [0.3, 0.4) is 0 Å². The van der Waals surface area contributed by atoms with E-state index in [1.165, 1.54) is 30.0 Å². The molecule has 0 atom stereocenters. The summed E-state index contributed by atoms with van der Waals surface area (Å²) in [6, 6.07) is 3.94. The number of benzene rings is 1. The molecule has 4 nitrogen and oxygen atoms in total. The third-order valence-corrected chi connectivity index (χ3v) is 4.73. The molecule has 6 heteroatoms. The van der Waals surface area contributed by atoms with E-state index in [4.69, 9.17) is 11.6 Å². The molecule has 0 fully saturated rings. The molecule has 0 unspecified atom stereocenters. The van der Waals surface area contributed by atoms with E-state index >= 15 is 0 Å². The molecule has 1 N–H and O–H groups in total. The van der Waals surface area contributed by atoms with E-state index < -0.39 is 10.0 Å². The number of carbonyl (C=O) groups is 1. The summed E-state index contributed by atoms with van der Waals surface area (Å²) in [6.07, 6.45) is 14.0. The van der Waals surface area contributed by atoms with Gasteiger partial charge in [0.15, 0.2) is 6.29 Å². The van der Waals surface area contributed by atoms with Crippen LogP contribution in [-0.4, -0.2) is 14.7 Å². The second-order valence-electron chi connectivity index (χ2n) is 4.78. The van der Waals surface area contributed by atoms with E-state index in [1.807, 2.05) is 38.2 Å². The van der Waals surface area contributed by atoms with Crippen LogP contribution < -0.4 is 4.72 Å². The number of nitrogens with one attached hydrogen (secondary N) is 1. The summed E-state index contributed by atoms with van der Waals surface area (Å²) >= 11 is 5.84. The summed E-state index contributed by atoms with van der Waals surface area (Å²) in [6.45, 7) is 3.92. The average molecular weight is 366 g/mol. The minimum absolute atomic E-state index is 0.00369. The summed E-state index contributed by atoms with van der Waals surface area (Å²) in [7, 11) is -3.72. The van der Waals surface area contributed by atoms with E-state index in [-0.39, 0.29) is 15.5 Å². The van der Waals surface area contributed by atoms with Gasteiger partial charge in [-0.15, -0.1) is 0 Å². The van der Waals surface area contributed by atoms with Crippen LogP contribution in [0, 0.1) is 0 Å². The van der Waals surface area contributed by atoms with E-state index in [0.29, 0.717) is 6.29 Å². The summed E-state index contributed by atoms with van der Waals surface area (Å²) in [5, 5.41) is 0.0969. The van der Waals surface area contributed by atoms with E-state index in [2.05, 4.69) is 4.72 Å². The molecular weight excluding hydrogens is 346 g/mol. The molecular formula is C18H20ClNO3S. The molecule has 0 aliphatic heterocycles. The molecule has 0 radical (unpaired) electrons. The van der Waals surface area contributed by atoms with Crippen molar-refractivity contribution in [1.29, 1.82) is 0 Å². The molecule has 0 spiro atoms. The lowest BCUT2D eigenvalue weighted by molar-refractivity contribution is 0.112. The fourth-order valence-corrected chi connectivity index (χ4v) is 3.01. The standard InChI is InChI=1S/C18H20ClNO3S/c1-3-8-15(4-2)9-6-5-7-12-20-24(22,23)17-11-10-16(14-21)18(19)13-17/h3-8,10-14,20H,9H2,1-2H3/b6-5?,8-3+,12-7+,15-4-. The Morgan fingerprint density at radius 2 is 2.00 bits per heavy atom. The lowest BCUT2D eigenvalue weighted by Crippen LogP contribution is -2.17. The van der Waals surface area contributed by atoms with Crippen molar-refractivity contribution in [2.45, 2.75) is 25.2 Å². The Labute approximate surface area is 148 Å². The fourth-order valence-electron chi connectivity index (χ4n) is 1.80. The number of sulfonamides is 1. The Balaban J connectivity index is 2.68. The third-order valence-electron chi connectivity index (χ3n) is 3.08. The van der Waals surface area contributed by atoms with Crippen LogP contribution in [0.1, 0.15) is 30.6 Å². The Hall–Kier alpha value is -2.11. The molecule has 0 amide bonds. The van der Waals surface area contributed by atoms with Gasteiger partial charge < -0.3 is 0 Å². The Morgan fingerprint density at radius 1 is 1.25 bits per heavy atom. The number of aldehydes is 1. The van der Waals surface area contributed by atoms with Gasteiger partial charge in [0.2, 0.25) is 0 Å². The largest absolute Gasteiger partial charge is 0.298 e. The zero-order valence-corrected chi connectivity index (χ0v) is 15.1. The van der Waals surface area contributed by atoms with Gasteiger partial charge in [0, 0.05) is 11.8 Å². The summed E-state index contributed by atoms with van der Waals surface area (Å²) in [5.74, 6) is 0. The molecule has 128 valence electrons. The summed E-state index contributed by atoms with van der Waals surface area (Å²) in [4.78, 5) is 10.7. The lowest BCUT2D eigenvalue weighted by Gasteiger charge is -2.05.